The monoisotopic (exact) mass is 238 g/mol. The lowest BCUT2D eigenvalue weighted by Gasteiger charge is -2.39. The summed E-state index contributed by atoms with van der Waals surface area (Å²) in [5, 5.41) is 14.0. The molecule has 1 aliphatic rings. The Balaban J connectivity index is 2.37. The van der Waals surface area contributed by atoms with Crippen molar-refractivity contribution in [1.82, 2.24) is 0 Å². The fourth-order valence-corrected chi connectivity index (χ4v) is 2.08. The van der Waals surface area contributed by atoms with Crippen LogP contribution in [0.4, 0.5) is 15.8 Å². The van der Waals surface area contributed by atoms with E-state index in [1.54, 1.807) is 6.92 Å². The first-order valence-electron chi connectivity index (χ1n) is 5.64. The lowest BCUT2D eigenvalue weighted by molar-refractivity contribution is -0.384. The molecule has 4 nitrogen and oxygen atoms in total. The highest BCUT2D eigenvalue weighted by molar-refractivity contribution is 5.64. The van der Waals surface area contributed by atoms with Gasteiger partial charge in [-0.1, -0.05) is 0 Å². The number of rotatable bonds is 3. The summed E-state index contributed by atoms with van der Waals surface area (Å²) in [5.41, 5.74) is 0.549. The van der Waals surface area contributed by atoms with E-state index in [1.807, 2.05) is 6.92 Å². The molecular formula is C12H15FN2O2. The van der Waals surface area contributed by atoms with Crippen LogP contribution in [0.25, 0.3) is 0 Å². The third kappa shape index (κ3) is 2.23. The number of aryl methyl sites for hydroxylation is 1. The Morgan fingerprint density at radius 2 is 2.12 bits per heavy atom. The van der Waals surface area contributed by atoms with E-state index in [0.29, 0.717) is 11.3 Å². The number of anilines is 1. The molecule has 1 aromatic carbocycles. The molecule has 0 atom stereocenters. The minimum Gasteiger partial charge on any atom is -0.374 e. The summed E-state index contributed by atoms with van der Waals surface area (Å²) < 4.78 is 13.3. The van der Waals surface area contributed by atoms with E-state index in [-0.39, 0.29) is 11.2 Å². The third-order valence-electron chi connectivity index (χ3n) is 3.37. The molecule has 1 aliphatic carbocycles. The molecule has 17 heavy (non-hydrogen) atoms. The maximum Gasteiger partial charge on any atom is 0.295 e. The van der Waals surface area contributed by atoms with Crippen molar-refractivity contribution in [2.24, 2.45) is 0 Å². The number of hydrogen-bond acceptors (Lipinski definition) is 3. The van der Waals surface area contributed by atoms with Crippen molar-refractivity contribution < 1.29 is 9.31 Å². The molecule has 0 bridgehead atoms. The van der Waals surface area contributed by atoms with Crippen molar-refractivity contribution >= 4 is 11.4 Å². The van der Waals surface area contributed by atoms with Crippen LogP contribution in [0.2, 0.25) is 0 Å². The Labute approximate surface area is 99.0 Å². The van der Waals surface area contributed by atoms with Gasteiger partial charge in [0.1, 0.15) is 11.5 Å². The number of hydrogen-bond donors (Lipinski definition) is 1. The van der Waals surface area contributed by atoms with Gasteiger partial charge < -0.3 is 5.32 Å². The number of halogens is 1. The average Bonchev–Trinajstić information content (AvgIpc) is 2.20. The Morgan fingerprint density at radius 3 is 2.59 bits per heavy atom. The largest absolute Gasteiger partial charge is 0.374 e. The molecule has 0 heterocycles. The van der Waals surface area contributed by atoms with E-state index >= 15 is 0 Å². The highest BCUT2D eigenvalue weighted by atomic mass is 19.1. The fourth-order valence-electron chi connectivity index (χ4n) is 2.08. The van der Waals surface area contributed by atoms with Crippen molar-refractivity contribution in [2.75, 3.05) is 5.32 Å². The zero-order valence-corrected chi connectivity index (χ0v) is 9.92. The van der Waals surface area contributed by atoms with Gasteiger partial charge in [0.15, 0.2) is 0 Å². The molecule has 1 aromatic rings. The smallest absolute Gasteiger partial charge is 0.295 e. The van der Waals surface area contributed by atoms with E-state index in [1.165, 1.54) is 6.07 Å². The maximum atomic E-state index is 13.3. The molecule has 0 aromatic heterocycles. The van der Waals surface area contributed by atoms with Gasteiger partial charge in [-0.2, -0.15) is 0 Å². The predicted molar refractivity (Wildman–Crippen MR) is 63.7 cm³/mol. The number of nitro groups is 1. The van der Waals surface area contributed by atoms with Gasteiger partial charge in [-0.25, -0.2) is 4.39 Å². The quantitative estimate of drug-likeness (QED) is 0.648. The number of nitrogens with zero attached hydrogens (tertiary/aromatic N) is 1. The van der Waals surface area contributed by atoms with Crippen molar-refractivity contribution in [2.45, 2.75) is 38.6 Å². The van der Waals surface area contributed by atoms with Gasteiger partial charge >= 0.3 is 0 Å². The lowest BCUT2D eigenvalue weighted by atomic mass is 9.78. The molecule has 0 radical (unpaired) electrons. The third-order valence-corrected chi connectivity index (χ3v) is 3.37. The van der Waals surface area contributed by atoms with Crippen LogP contribution in [-0.2, 0) is 0 Å². The normalized spacial score (nSPS) is 17.4. The number of nitrogens with one attached hydrogen (secondary N) is 1. The van der Waals surface area contributed by atoms with E-state index in [2.05, 4.69) is 5.32 Å². The van der Waals surface area contributed by atoms with Crippen molar-refractivity contribution in [3.63, 3.8) is 0 Å². The Hall–Kier alpha value is -1.65. The Bertz CT molecular complexity index is 470. The highest BCUT2D eigenvalue weighted by Crippen LogP contribution is 2.38. The molecule has 0 amide bonds. The highest BCUT2D eigenvalue weighted by Gasteiger charge is 2.33. The van der Waals surface area contributed by atoms with Gasteiger partial charge in [0, 0.05) is 5.54 Å². The first-order chi connectivity index (χ1) is 7.91. The van der Waals surface area contributed by atoms with Crippen LogP contribution in [0, 0.1) is 22.9 Å². The summed E-state index contributed by atoms with van der Waals surface area (Å²) in [7, 11) is 0. The molecule has 1 saturated carbocycles. The van der Waals surface area contributed by atoms with Gasteiger partial charge in [-0.15, -0.1) is 0 Å². The van der Waals surface area contributed by atoms with Crippen LogP contribution in [0.15, 0.2) is 12.1 Å². The maximum absolute atomic E-state index is 13.3. The van der Waals surface area contributed by atoms with Crippen molar-refractivity contribution in [3.05, 3.63) is 33.6 Å². The standard InChI is InChI=1S/C12H15FN2O2/c1-8-6-10(14-12(2)4-3-5-12)11(15(16)17)7-9(8)13/h6-7,14H,3-5H2,1-2H3. The van der Waals surface area contributed by atoms with E-state index in [0.717, 1.165) is 25.3 Å². The molecule has 1 N–H and O–H groups in total. The first kappa shape index (κ1) is 11.8. The molecule has 0 unspecified atom stereocenters. The molecular weight excluding hydrogens is 223 g/mol. The number of benzene rings is 1. The Morgan fingerprint density at radius 1 is 1.47 bits per heavy atom. The van der Waals surface area contributed by atoms with Crippen LogP contribution in [0.5, 0.6) is 0 Å². The predicted octanol–water partition coefficient (Wildman–Crippen LogP) is 3.40. The molecule has 0 saturated heterocycles. The summed E-state index contributed by atoms with van der Waals surface area (Å²) >= 11 is 0. The van der Waals surface area contributed by atoms with Crippen LogP contribution in [0.3, 0.4) is 0 Å². The molecule has 92 valence electrons. The fraction of sp³-hybridized carbons (Fsp3) is 0.500. The van der Waals surface area contributed by atoms with E-state index in [4.69, 9.17) is 0 Å². The number of nitro benzene ring substituents is 1. The van der Waals surface area contributed by atoms with E-state index in [9.17, 15) is 14.5 Å². The second kappa shape index (κ2) is 3.98. The molecule has 0 spiro atoms. The lowest BCUT2D eigenvalue weighted by Crippen LogP contribution is -2.41. The van der Waals surface area contributed by atoms with Crippen LogP contribution < -0.4 is 5.32 Å². The summed E-state index contributed by atoms with van der Waals surface area (Å²) in [6.45, 7) is 3.63. The molecule has 2 rings (SSSR count). The van der Waals surface area contributed by atoms with Crippen LogP contribution in [0.1, 0.15) is 31.7 Å². The second-order valence-electron chi connectivity index (χ2n) is 4.91. The summed E-state index contributed by atoms with van der Waals surface area (Å²) in [5.74, 6) is -0.541. The Kier molecular flexibility index (Phi) is 2.77. The molecule has 0 aliphatic heterocycles. The topological polar surface area (TPSA) is 55.2 Å². The SMILES string of the molecule is Cc1cc(NC2(C)CCC2)c([N+](=O)[O-])cc1F. The first-order valence-corrected chi connectivity index (χ1v) is 5.64. The van der Waals surface area contributed by atoms with Gasteiger partial charge in [0.05, 0.1) is 11.0 Å². The van der Waals surface area contributed by atoms with Crippen LogP contribution in [-0.4, -0.2) is 10.5 Å². The summed E-state index contributed by atoms with van der Waals surface area (Å²) in [6, 6.07) is 2.50. The minimum atomic E-state index is -0.549. The van der Waals surface area contributed by atoms with Gasteiger partial charge in [-0.05, 0) is 44.7 Å². The van der Waals surface area contributed by atoms with Gasteiger partial charge in [0.2, 0.25) is 0 Å². The molecule has 1 fully saturated rings. The summed E-state index contributed by atoms with van der Waals surface area (Å²) in [4.78, 5) is 10.3. The second-order valence-corrected chi connectivity index (χ2v) is 4.91. The minimum absolute atomic E-state index is 0.0883. The summed E-state index contributed by atoms with van der Waals surface area (Å²) in [6.07, 6.45) is 3.10. The van der Waals surface area contributed by atoms with E-state index < -0.39 is 10.7 Å². The zero-order chi connectivity index (χ0) is 12.6. The van der Waals surface area contributed by atoms with Crippen LogP contribution >= 0.6 is 0 Å². The zero-order valence-electron chi connectivity index (χ0n) is 9.92. The average molecular weight is 238 g/mol. The molecule has 5 heteroatoms. The van der Waals surface area contributed by atoms with Gasteiger partial charge in [0.25, 0.3) is 5.69 Å². The van der Waals surface area contributed by atoms with Crippen molar-refractivity contribution in [1.29, 1.82) is 0 Å². The van der Waals surface area contributed by atoms with Gasteiger partial charge in [-0.3, -0.25) is 10.1 Å². The van der Waals surface area contributed by atoms with Crippen molar-refractivity contribution in [3.8, 4) is 0 Å².